The van der Waals surface area contributed by atoms with Crippen LogP contribution in [0.5, 0.6) is 5.75 Å². The van der Waals surface area contributed by atoms with Crippen molar-refractivity contribution in [3.8, 4) is 5.75 Å². The predicted octanol–water partition coefficient (Wildman–Crippen LogP) is 2.34. The van der Waals surface area contributed by atoms with E-state index in [4.69, 9.17) is 9.47 Å². The number of hydrogen-bond donors (Lipinski definition) is 0. The summed E-state index contributed by atoms with van der Waals surface area (Å²) in [4.78, 5) is 35.4. The second-order valence-electron chi connectivity index (χ2n) is 5.55. The first-order valence-electron chi connectivity index (χ1n) is 7.67. The van der Waals surface area contributed by atoms with Crippen LogP contribution in [0.1, 0.15) is 5.56 Å². The van der Waals surface area contributed by atoms with Gasteiger partial charge in [0.15, 0.2) is 18.2 Å². The summed E-state index contributed by atoms with van der Waals surface area (Å²) in [5.41, 5.74) is -0.394. The summed E-state index contributed by atoms with van der Waals surface area (Å²) in [6.07, 6.45) is 0. The van der Waals surface area contributed by atoms with Gasteiger partial charge in [-0.3, -0.25) is 24.6 Å². The van der Waals surface area contributed by atoms with E-state index in [9.17, 15) is 28.5 Å². The Hall–Kier alpha value is -3.56. The molecule has 0 radical (unpaired) electrons. The molecule has 0 unspecified atom stereocenters. The Morgan fingerprint density at radius 2 is 2.07 bits per heavy atom. The average molecular weight is 378 g/mol. The zero-order valence-corrected chi connectivity index (χ0v) is 13.7. The van der Waals surface area contributed by atoms with Gasteiger partial charge in [-0.1, -0.05) is 12.1 Å². The van der Waals surface area contributed by atoms with Crippen LogP contribution in [0.25, 0.3) is 0 Å². The van der Waals surface area contributed by atoms with Gasteiger partial charge in [0, 0.05) is 17.7 Å². The summed E-state index contributed by atoms with van der Waals surface area (Å²) in [5, 5.41) is 10.9. The van der Waals surface area contributed by atoms with Crippen LogP contribution in [0, 0.1) is 21.7 Å². The van der Waals surface area contributed by atoms with E-state index in [2.05, 4.69) is 0 Å². The number of anilines is 1. The van der Waals surface area contributed by atoms with Crippen molar-refractivity contribution in [2.75, 3.05) is 18.1 Å². The van der Waals surface area contributed by atoms with Crippen LogP contribution in [-0.2, 0) is 20.9 Å². The molecule has 2 aromatic carbocycles. The van der Waals surface area contributed by atoms with Crippen molar-refractivity contribution in [3.05, 3.63) is 63.7 Å². The molecule has 1 amide bonds. The summed E-state index contributed by atoms with van der Waals surface area (Å²) in [7, 11) is 0. The number of benzene rings is 2. The first-order chi connectivity index (χ1) is 12.9. The number of hydrogen-bond acceptors (Lipinski definition) is 6. The highest BCUT2D eigenvalue weighted by atomic mass is 19.2. The maximum Gasteiger partial charge on any atom is 0.326 e. The second-order valence-corrected chi connectivity index (χ2v) is 5.55. The molecule has 140 valence electrons. The number of halogens is 2. The predicted molar refractivity (Wildman–Crippen MR) is 87.1 cm³/mol. The number of rotatable bonds is 5. The first kappa shape index (κ1) is 18.2. The molecule has 8 nitrogen and oxygen atoms in total. The molecule has 0 aromatic heterocycles. The van der Waals surface area contributed by atoms with Gasteiger partial charge >= 0.3 is 5.97 Å². The van der Waals surface area contributed by atoms with Gasteiger partial charge < -0.3 is 9.47 Å². The minimum Gasteiger partial charge on any atom is -0.482 e. The standard InChI is InChI=1S/C17H12F2N2O6/c18-12-3-1-2-10(17(12)19)8-27-16(23)7-20-13-6-11(21(24)25)4-5-14(13)26-9-15(20)22/h1-6H,7-9H2. The van der Waals surface area contributed by atoms with Gasteiger partial charge in [-0.15, -0.1) is 0 Å². The van der Waals surface area contributed by atoms with Crippen LogP contribution < -0.4 is 9.64 Å². The number of ether oxygens (including phenoxy) is 2. The van der Waals surface area contributed by atoms with Gasteiger partial charge in [0.1, 0.15) is 18.9 Å². The van der Waals surface area contributed by atoms with Crippen LogP contribution >= 0.6 is 0 Å². The summed E-state index contributed by atoms with van der Waals surface area (Å²) in [6, 6.07) is 7.08. The zero-order chi connectivity index (χ0) is 19.6. The van der Waals surface area contributed by atoms with E-state index >= 15 is 0 Å². The smallest absolute Gasteiger partial charge is 0.326 e. The lowest BCUT2D eigenvalue weighted by Gasteiger charge is -2.28. The Kier molecular flexibility index (Phi) is 4.97. The van der Waals surface area contributed by atoms with E-state index in [1.807, 2.05) is 0 Å². The Morgan fingerprint density at radius 3 is 2.81 bits per heavy atom. The highest BCUT2D eigenvalue weighted by molar-refractivity contribution is 6.01. The fraction of sp³-hybridized carbons (Fsp3) is 0.176. The van der Waals surface area contributed by atoms with E-state index in [0.29, 0.717) is 0 Å². The minimum absolute atomic E-state index is 0.0503. The number of carbonyl (C=O) groups excluding carboxylic acids is 2. The number of amides is 1. The van der Waals surface area contributed by atoms with Gasteiger partial charge in [-0.25, -0.2) is 8.78 Å². The molecule has 1 aliphatic heterocycles. The molecule has 0 saturated carbocycles. The van der Waals surface area contributed by atoms with E-state index in [1.165, 1.54) is 24.3 Å². The van der Waals surface area contributed by atoms with Crippen molar-refractivity contribution >= 4 is 23.3 Å². The number of non-ortho nitro benzene ring substituents is 1. The number of carbonyl (C=O) groups is 2. The Bertz CT molecular complexity index is 934. The molecule has 3 rings (SSSR count). The Morgan fingerprint density at radius 1 is 1.30 bits per heavy atom. The fourth-order valence-corrected chi connectivity index (χ4v) is 2.47. The molecule has 0 N–H and O–H groups in total. The van der Waals surface area contributed by atoms with Gasteiger partial charge in [0.05, 0.1) is 10.6 Å². The molecule has 2 aromatic rings. The lowest BCUT2D eigenvalue weighted by Crippen LogP contribution is -2.42. The first-order valence-corrected chi connectivity index (χ1v) is 7.67. The van der Waals surface area contributed by atoms with Crippen LogP contribution in [0.2, 0.25) is 0 Å². The monoisotopic (exact) mass is 378 g/mol. The maximum atomic E-state index is 13.6. The van der Waals surface area contributed by atoms with Crippen LogP contribution in [0.3, 0.4) is 0 Å². The minimum atomic E-state index is -1.13. The third-order valence-electron chi connectivity index (χ3n) is 3.80. The number of fused-ring (bicyclic) bond motifs is 1. The van der Waals surface area contributed by atoms with Crippen molar-refractivity contribution in [2.45, 2.75) is 6.61 Å². The number of esters is 1. The average Bonchev–Trinajstić information content (AvgIpc) is 2.64. The molecule has 0 spiro atoms. The maximum absolute atomic E-state index is 13.6. The van der Waals surface area contributed by atoms with Crippen molar-refractivity contribution in [3.63, 3.8) is 0 Å². The van der Waals surface area contributed by atoms with Crippen molar-refractivity contribution in [2.24, 2.45) is 0 Å². The fourth-order valence-electron chi connectivity index (χ4n) is 2.47. The van der Waals surface area contributed by atoms with E-state index in [1.54, 1.807) is 0 Å². The van der Waals surface area contributed by atoms with E-state index in [0.717, 1.165) is 17.0 Å². The largest absolute Gasteiger partial charge is 0.482 e. The molecular formula is C17H12F2N2O6. The van der Waals surface area contributed by atoms with Gasteiger partial charge in [0.25, 0.3) is 11.6 Å². The van der Waals surface area contributed by atoms with Crippen molar-refractivity contribution in [1.82, 2.24) is 0 Å². The number of nitrogens with zero attached hydrogens (tertiary/aromatic N) is 2. The van der Waals surface area contributed by atoms with Gasteiger partial charge in [-0.05, 0) is 12.1 Å². The van der Waals surface area contributed by atoms with Crippen LogP contribution in [0.4, 0.5) is 20.2 Å². The molecule has 0 aliphatic carbocycles. The number of nitro benzene ring substituents is 1. The summed E-state index contributed by atoms with van der Waals surface area (Å²) < 4.78 is 36.8. The highest BCUT2D eigenvalue weighted by Crippen LogP contribution is 2.35. The SMILES string of the molecule is O=C(CN1C(=O)COc2ccc([N+](=O)[O-])cc21)OCc1cccc(F)c1F. The third-order valence-corrected chi connectivity index (χ3v) is 3.80. The van der Waals surface area contributed by atoms with E-state index in [-0.39, 0.29) is 29.3 Å². The molecule has 0 atom stereocenters. The van der Waals surface area contributed by atoms with Crippen LogP contribution in [0.15, 0.2) is 36.4 Å². The molecule has 27 heavy (non-hydrogen) atoms. The summed E-state index contributed by atoms with van der Waals surface area (Å²) >= 11 is 0. The second kappa shape index (κ2) is 7.36. The third kappa shape index (κ3) is 3.84. The van der Waals surface area contributed by atoms with Crippen LogP contribution in [-0.4, -0.2) is 30.0 Å². The lowest BCUT2D eigenvalue weighted by atomic mass is 10.2. The molecule has 1 heterocycles. The Balaban J connectivity index is 1.74. The van der Waals surface area contributed by atoms with Gasteiger partial charge in [0.2, 0.25) is 0 Å². The Labute approximate surface area is 151 Å². The van der Waals surface area contributed by atoms with E-state index < -0.39 is 41.6 Å². The summed E-state index contributed by atoms with van der Waals surface area (Å²) in [6.45, 7) is -1.44. The molecule has 10 heteroatoms. The normalized spacial score (nSPS) is 13.0. The molecule has 0 saturated heterocycles. The summed E-state index contributed by atoms with van der Waals surface area (Å²) in [5.74, 6) is -3.51. The molecule has 0 fully saturated rings. The lowest BCUT2D eigenvalue weighted by molar-refractivity contribution is -0.384. The number of nitro groups is 1. The quantitative estimate of drug-likeness (QED) is 0.450. The molecular weight excluding hydrogens is 366 g/mol. The molecule has 1 aliphatic rings. The van der Waals surface area contributed by atoms with Gasteiger partial charge in [-0.2, -0.15) is 0 Å². The highest BCUT2D eigenvalue weighted by Gasteiger charge is 2.29. The van der Waals surface area contributed by atoms with Crippen molar-refractivity contribution < 1.29 is 32.8 Å². The van der Waals surface area contributed by atoms with Crippen molar-refractivity contribution in [1.29, 1.82) is 0 Å². The topological polar surface area (TPSA) is 99.0 Å². The zero-order valence-electron chi connectivity index (χ0n) is 13.7. The molecule has 0 bridgehead atoms.